The quantitative estimate of drug-likeness (QED) is 0.649. The van der Waals surface area contributed by atoms with Gasteiger partial charge in [-0.15, -0.1) is 0 Å². The maximum Gasteiger partial charge on any atom is 0.255 e. The Bertz CT molecular complexity index is 1120. The molecule has 0 radical (unpaired) electrons. The number of hydrogen-bond donors (Lipinski definition) is 1. The van der Waals surface area contributed by atoms with Crippen LogP contribution in [0.5, 0.6) is 0 Å². The number of amides is 1. The first-order valence-corrected chi connectivity index (χ1v) is 11.0. The summed E-state index contributed by atoms with van der Waals surface area (Å²) in [6.07, 6.45) is 0. The molecule has 1 aromatic heterocycles. The van der Waals surface area contributed by atoms with E-state index in [0.717, 1.165) is 31.7 Å². The van der Waals surface area contributed by atoms with Gasteiger partial charge in [-0.05, 0) is 31.5 Å². The molecule has 2 heterocycles. The molecule has 1 N–H and O–H groups in total. The van der Waals surface area contributed by atoms with Gasteiger partial charge < -0.3 is 15.1 Å². The van der Waals surface area contributed by atoms with E-state index < -0.39 is 0 Å². The van der Waals surface area contributed by atoms with E-state index in [2.05, 4.69) is 32.2 Å². The number of carbonyl (C=O) groups excluding carboxylic acids is 1. The van der Waals surface area contributed by atoms with Crippen molar-refractivity contribution in [3.63, 3.8) is 0 Å². The van der Waals surface area contributed by atoms with Crippen molar-refractivity contribution in [2.45, 2.75) is 26.9 Å². The van der Waals surface area contributed by atoms with Gasteiger partial charge in [-0.25, -0.2) is 4.98 Å². The number of aromatic nitrogens is 2. The summed E-state index contributed by atoms with van der Waals surface area (Å²) in [6, 6.07) is 19.8. The lowest BCUT2D eigenvalue weighted by Gasteiger charge is -2.37. The van der Waals surface area contributed by atoms with Crippen LogP contribution in [0.1, 0.15) is 16.8 Å². The number of rotatable bonds is 6. The Morgan fingerprint density at radius 2 is 1.59 bits per heavy atom. The van der Waals surface area contributed by atoms with Crippen LogP contribution in [0.3, 0.4) is 0 Å². The summed E-state index contributed by atoms with van der Waals surface area (Å²) in [4.78, 5) is 34.4. The Kier molecular flexibility index (Phi) is 6.54. The lowest BCUT2D eigenvalue weighted by Crippen LogP contribution is -2.49. The van der Waals surface area contributed by atoms with Crippen LogP contribution in [-0.2, 0) is 17.9 Å². The number of anilines is 2. The van der Waals surface area contributed by atoms with Crippen molar-refractivity contribution in [3.05, 3.63) is 87.8 Å². The third-order valence-corrected chi connectivity index (χ3v) is 5.71. The fourth-order valence-electron chi connectivity index (χ4n) is 3.91. The molecule has 0 aliphatic carbocycles. The molecule has 2 aromatic carbocycles. The van der Waals surface area contributed by atoms with Gasteiger partial charge >= 0.3 is 0 Å². The Labute approximate surface area is 188 Å². The average Bonchev–Trinajstić information content (AvgIpc) is 2.81. The summed E-state index contributed by atoms with van der Waals surface area (Å²) in [5.74, 6) is 0.357. The Balaban J connectivity index is 1.45. The lowest BCUT2D eigenvalue weighted by atomic mass is 10.1. The standard InChI is InChI=1S/C25H29N5O2/c1-19-8-10-21(11-9-19)17-26-23(31)18-30-24(32)16-20(2)27-25(30)29-14-12-28(13-15-29)22-6-4-3-5-7-22/h3-11,16H,12-15,17-18H2,1-2H3,(H,26,31). The summed E-state index contributed by atoms with van der Waals surface area (Å²) in [7, 11) is 0. The predicted molar refractivity (Wildman–Crippen MR) is 127 cm³/mol. The molecule has 1 saturated heterocycles. The number of benzene rings is 2. The van der Waals surface area contributed by atoms with E-state index in [1.165, 1.54) is 21.9 Å². The molecular formula is C25H29N5O2. The molecule has 0 atom stereocenters. The summed E-state index contributed by atoms with van der Waals surface area (Å²) >= 11 is 0. The van der Waals surface area contributed by atoms with Gasteiger partial charge in [0.25, 0.3) is 5.56 Å². The normalized spacial score (nSPS) is 13.8. The fourth-order valence-corrected chi connectivity index (χ4v) is 3.91. The molecule has 0 bridgehead atoms. The monoisotopic (exact) mass is 431 g/mol. The van der Waals surface area contributed by atoms with Gasteiger partial charge in [0.2, 0.25) is 11.9 Å². The van der Waals surface area contributed by atoms with Gasteiger partial charge in [0.1, 0.15) is 6.54 Å². The number of nitrogens with one attached hydrogen (secondary N) is 1. The van der Waals surface area contributed by atoms with Crippen LogP contribution in [0.25, 0.3) is 0 Å². The third kappa shape index (κ3) is 5.17. The first-order chi connectivity index (χ1) is 15.5. The van der Waals surface area contributed by atoms with E-state index in [9.17, 15) is 9.59 Å². The number of nitrogens with zero attached hydrogens (tertiary/aromatic N) is 4. The van der Waals surface area contributed by atoms with Crippen molar-refractivity contribution in [1.29, 1.82) is 0 Å². The van der Waals surface area contributed by atoms with Crippen molar-refractivity contribution in [1.82, 2.24) is 14.9 Å². The highest BCUT2D eigenvalue weighted by atomic mass is 16.2. The van der Waals surface area contributed by atoms with Gasteiger partial charge in [-0.3, -0.25) is 14.2 Å². The molecule has 166 valence electrons. The second kappa shape index (κ2) is 9.68. The van der Waals surface area contributed by atoms with Gasteiger partial charge in [0.15, 0.2) is 0 Å². The van der Waals surface area contributed by atoms with Crippen LogP contribution >= 0.6 is 0 Å². The summed E-state index contributed by atoms with van der Waals surface area (Å²) in [5.41, 5.74) is 3.84. The largest absolute Gasteiger partial charge is 0.368 e. The molecule has 1 fully saturated rings. The van der Waals surface area contributed by atoms with Gasteiger partial charge in [0.05, 0.1) is 0 Å². The number of aryl methyl sites for hydroxylation is 2. The number of piperazine rings is 1. The van der Waals surface area contributed by atoms with E-state index >= 15 is 0 Å². The van der Waals surface area contributed by atoms with Crippen molar-refractivity contribution in [2.24, 2.45) is 0 Å². The minimum atomic E-state index is -0.206. The molecule has 0 saturated carbocycles. The molecule has 1 aliphatic heterocycles. The van der Waals surface area contributed by atoms with Crippen LogP contribution in [0.4, 0.5) is 11.6 Å². The highest BCUT2D eigenvalue weighted by Crippen LogP contribution is 2.18. The van der Waals surface area contributed by atoms with Crippen LogP contribution < -0.4 is 20.7 Å². The zero-order valence-electron chi connectivity index (χ0n) is 18.6. The lowest BCUT2D eigenvalue weighted by molar-refractivity contribution is -0.121. The minimum Gasteiger partial charge on any atom is -0.368 e. The molecule has 7 nitrogen and oxygen atoms in total. The van der Waals surface area contributed by atoms with E-state index in [1.807, 2.05) is 56.3 Å². The molecule has 1 aliphatic rings. The highest BCUT2D eigenvalue weighted by Gasteiger charge is 2.22. The first kappa shape index (κ1) is 21.6. The van der Waals surface area contributed by atoms with Crippen molar-refractivity contribution >= 4 is 17.5 Å². The molecule has 7 heteroatoms. The van der Waals surface area contributed by atoms with E-state index in [0.29, 0.717) is 18.2 Å². The maximum atomic E-state index is 12.7. The third-order valence-electron chi connectivity index (χ3n) is 5.71. The van der Waals surface area contributed by atoms with Crippen LogP contribution in [-0.4, -0.2) is 41.6 Å². The number of para-hydroxylation sites is 1. The van der Waals surface area contributed by atoms with E-state index in [4.69, 9.17) is 0 Å². The Hall–Kier alpha value is -3.61. The Morgan fingerprint density at radius 3 is 2.28 bits per heavy atom. The van der Waals surface area contributed by atoms with Crippen LogP contribution in [0, 0.1) is 13.8 Å². The highest BCUT2D eigenvalue weighted by molar-refractivity contribution is 5.76. The zero-order valence-corrected chi connectivity index (χ0v) is 18.6. The molecule has 32 heavy (non-hydrogen) atoms. The van der Waals surface area contributed by atoms with Gasteiger partial charge in [-0.1, -0.05) is 48.0 Å². The molecule has 3 aromatic rings. The van der Waals surface area contributed by atoms with Crippen LogP contribution in [0.2, 0.25) is 0 Å². The average molecular weight is 432 g/mol. The summed E-state index contributed by atoms with van der Waals surface area (Å²) in [6.45, 7) is 7.34. The second-order valence-electron chi connectivity index (χ2n) is 8.19. The van der Waals surface area contributed by atoms with Gasteiger partial charge in [0, 0.05) is 50.2 Å². The van der Waals surface area contributed by atoms with Gasteiger partial charge in [-0.2, -0.15) is 0 Å². The topological polar surface area (TPSA) is 70.5 Å². The van der Waals surface area contributed by atoms with Crippen LogP contribution in [0.15, 0.2) is 65.5 Å². The first-order valence-electron chi connectivity index (χ1n) is 11.0. The van der Waals surface area contributed by atoms with Crippen molar-refractivity contribution in [2.75, 3.05) is 36.0 Å². The molecular weight excluding hydrogens is 402 g/mol. The number of carbonyl (C=O) groups is 1. The van der Waals surface area contributed by atoms with Crippen molar-refractivity contribution in [3.8, 4) is 0 Å². The molecule has 1 amide bonds. The smallest absolute Gasteiger partial charge is 0.255 e. The fraction of sp³-hybridized carbons (Fsp3) is 0.320. The second-order valence-corrected chi connectivity index (χ2v) is 8.19. The molecule has 0 unspecified atom stereocenters. The minimum absolute atomic E-state index is 0.0494. The van der Waals surface area contributed by atoms with Crippen molar-refractivity contribution < 1.29 is 4.79 Å². The van der Waals surface area contributed by atoms with E-state index in [1.54, 1.807) is 0 Å². The zero-order chi connectivity index (χ0) is 22.5. The summed E-state index contributed by atoms with van der Waals surface area (Å²) in [5, 5.41) is 2.91. The Morgan fingerprint density at radius 1 is 0.938 bits per heavy atom. The number of hydrogen-bond acceptors (Lipinski definition) is 5. The predicted octanol–water partition coefficient (Wildman–Crippen LogP) is 2.50. The SMILES string of the molecule is Cc1ccc(CNC(=O)Cn2c(N3CCN(c4ccccc4)CC3)nc(C)cc2=O)cc1. The van der Waals surface area contributed by atoms with E-state index in [-0.39, 0.29) is 18.0 Å². The molecule has 4 rings (SSSR count). The molecule has 0 spiro atoms. The maximum absolute atomic E-state index is 12.7. The summed E-state index contributed by atoms with van der Waals surface area (Å²) < 4.78 is 1.48.